The maximum absolute atomic E-state index is 14.3. The first-order valence-corrected chi connectivity index (χ1v) is 9.26. The molecule has 0 N–H and O–H groups in total. The van der Waals surface area contributed by atoms with Crippen LogP contribution in [0.2, 0.25) is 0 Å². The molecule has 0 unspecified atom stereocenters. The molecule has 0 spiro atoms. The Labute approximate surface area is 166 Å². The van der Waals surface area contributed by atoms with Crippen LogP contribution in [0.3, 0.4) is 0 Å². The lowest BCUT2D eigenvalue weighted by Crippen LogP contribution is -2.28. The molecule has 3 aromatic carbocycles. The van der Waals surface area contributed by atoms with Crippen LogP contribution in [-0.2, 0) is 6.54 Å². The molecule has 0 aliphatic carbocycles. The average Bonchev–Trinajstić information content (AvgIpc) is 3.22. The van der Waals surface area contributed by atoms with E-state index >= 15 is 0 Å². The normalized spacial score (nSPS) is 13.4. The summed E-state index contributed by atoms with van der Waals surface area (Å²) in [7, 11) is 0. The van der Waals surface area contributed by atoms with Crippen LogP contribution >= 0.6 is 0 Å². The predicted octanol–water partition coefficient (Wildman–Crippen LogP) is 5.34. The first-order chi connectivity index (χ1) is 14.0. The van der Waals surface area contributed by atoms with Gasteiger partial charge in [0.1, 0.15) is 17.2 Å². The number of halogens is 1. The summed E-state index contributed by atoms with van der Waals surface area (Å²) in [4.78, 5) is 26.4. The van der Waals surface area contributed by atoms with Gasteiger partial charge in [-0.25, -0.2) is 4.39 Å². The molecule has 1 aromatic heterocycles. The number of carbonyl (C=O) groups is 2. The average molecular weight is 385 g/mol. The van der Waals surface area contributed by atoms with Gasteiger partial charge < -0.3 is 4.42 Å². The van der Waals surface area contributed by atoms with Crippen LogP contribution in [-0.4, -0.2) is 16.7 Å². The second kappa shape index (κ2) is 6.41. The number of hydrogen-bond acceptors (Lipinski definition) is 3. The fourth-order valence-electron chi connectivity index (χ4n) is 3.86. The molecule has 0 fully saturated rings. The molecule has 0 saturated carbocycles. The smallest absolute Gasteiger partial charge is 0.261 e. The van der Waals surface area contributed by atoms with Crippen LogP contribution in [0.1, 0.15) is 32.0 Å². The Balaban J connectivity index is 1.57. The van der Waals surface area contributed by atoms with Crippen LogP contribution in [0, 0.1) is 12.7 Å². The maximum atomic E-state index is 14.3. The van der Waals surface area contributed by atoms with E-state index in [1.54, 1.807) is 30.3 Å². The molecule has 1 aliphatic heterocycles. The van der Waals surface area contributed by atoms with Gasteiger partial charge in [-0.15, -0.1) is 0 Å². The lowest BCUT2D eigenvalue weighted by atomic mass is 9.99. The summed E-state index contributed by atoms with van der Waals surface area (Å²) in [6, 6.07) is 18.9. The minimum atomic E-state index is -0.371. The van der Waals surface area contributed by atoms with E-state index in [9.17, 15) is 14.0 Å². The maximum Gasteiger partial charge on any atom is 0.261 e. The zero-order valence-corrected chi connectivity index (χ0v) is 15.6. The Morgan fingerprint density at radius 2 is 1.45 bits per heavy atom. The second-order valence-corrected chi connectivity index (χ2v) is 7.14. The van der Waals surface area contributed by atoms with Crippen molar-refractivity contribution >= 4 is 22.8 Å². The van der Waals surface area contributed by atoms with Gasteiger partial charge in [-0.05, 0) is 48.4 Å². The Morgan fingerprint density at radius 1 is 0.828 bits per heavy atom. The molecule has 2 amide bonds. The number of rotatable bonds is 3. The fourth-order valence-corrected chi connectivity index (χ4v) is 3.86. The van der Waals surface area contributed by atoms with Gasteiger partial charge in [-0.3, -0.25) is 14.5 Å². The number of fused-ring (bicyclic) bond motifs is 2. The molecule has 0 saturated heterocycles. The van der Waals surface area contributed by atoms with Crippen molar-refractivity contribution in [2.75, 3.05) is 0 Å². The summed E-state index contributed by atoms with van der Waals surface area (Å²) in [6.45, 7) is 1.95. The van der Waals surface area contributed by atoms with Crippen LogP contribution in [0.5, 0.6) is 0 Å². The number of amides is 2. The molecule has 4 aromatic rings. The minimum Gasteiger partial charge on any atom is -0.459 e. The third kappa shape index (κ3) is 2.74. The van der Waals surface area contributed by atoms with Gasteiger partial charge in [0.05, 0.1) is 17.7 Å². The van der Waals surface area contributed by atoms with E-state index < -0.39 is 0 Å². The number of imide groups is 1. The van der Waals surface area contributed by atoms with Crippen molar-refractivity contribution in [3.8, 4) is 11.1 Å². The van der Waals surface area contributed by atoms with E-state index in [0.29, 0.717) is 33.4 Å². The third-order valence-electron chi connectivity index (χ3n) is 5.26. The summed E-state index contributed by atoms with van der Waals surface area (Å²) in [5.41, 5.74) is 3.83. The Bertz CT molecular complexity index is 1270. The molecule has 29 heavy (non-hydrogen) atoms. The fraction of sp³-hybridized carbons (Fsp3) is 0.0833. The van der Waals surface area contributed by atoms with Crippen molar-refractivity contribution in [2.24, 2.45) is 0 Å². The molecule has 4 nitrogen and oxygen atoms in total. The SMILES string of the molecule is Cc1ccccc1-c1cc(F)cc2cc(CN3C(=O)c4ccccc4C3=O)oc12. The molecule has 2 heterocycles. The van der Waals surface area contributed by atoms with Gasteiger partial charge in [-0.1, -0.05) is 36.4 Å². The molecule has 0 radical (unpaired) electrons. The van der Waals surface area contributed by atoms with Crippen molar-refractivity contribution in [3.05, 3.63) is 95.0 Å². The quantitative estimate of drug-likeness (QED) is 0.447. The molecule has 142 valence electrons. The molecule has 0 atom stereocenters. The third-order valence-corrected chi connectivity index (χ3v) is 5.26. The van der Waals surface area contributed by atoms with Gasteiger partial charge in [0.2, 0.25) is 0 Å². The number of nitrogens with zero attached hydrogens (tertiary/aromatic N) is 1. The number of aryl methyl sites for hydroxylation is 1. The first-order valence-electron chi connectivity index (χ1n) is 9.26. The lowest BCUT2D eigenvalue weighted by molar-refractivity contribution is 0.0632. The van der Waals surface area contributed by atoms with Crippen molar-refractivity contribution in [1.29, 1.82) is 0 Å². The van der Waals surface area contributed by atoms with Gasteiger partial charge in [0.15, 0.2) is 0 Å². The molecule has 1 aliphatic rings. The van der Waals surface area contributed by atoms with Crippen LogP contribution in [0.15, 0.2) is 71.1 Å². The number of furan rings is 1. The van der Waals surface area contributed by atoms with Gasteiger partial charge >= 0.3 is 0 Å². The second-order valence-electron chi connectivity index (χ2n) is 7.14. The topological polar surface area (TPSA) is 50.5 Å². The minimum absolute atomic E-state index is 0.00411. The van der Waals surface area contributed by atoms with E-state index in [-0.39, 0.29) is 24.2 Å². The highest BCUT2D eigenvalue weighted by Gasteiger charge is 2.35. The Morgan fingerprint density at radius 3 is 2.10 bits per heavy atom. The van der Waals surface area contributed by atoms with Crippen molar-refractivity contribution in [1.82, 2.24) is 4.90 Å². The van der Waals surface area contributed by atoms with Crippen LogP contribution in [0.25, 0.3) is 22.1 Å². The Kier molecular flexibility index (Phi) is 3.84. The van der Waals surface area contributed by atoms with E-state index in [2.05, 4.69) is 0 Å². The summed E-state index contributed by atoms with van der Waals surface area (Å²) in [5.74, 6) is -0.647. The molecular weight excluding hydrogens is 369 g/mol. The molecular formula is C24H16FNO3. The Hall–Kier alpha value is -3.73. The number of carbonyl (C=O) groups excluding carboxylic acids is 2. The van der Waals surface area contributed by atoms with E-state index in [1.807, 2.05) is 31.2 Å². The van der Waals surface area contributed by atoms with Crippen molar-refractivity contribution < 1.29 is 18.4 Å². The van der Waals surface area contributed by atoms with E-state index in [1.165, 1.54) is 12.1 Å². The monoisotopic (exact) mass is 385 g/mol. The standard InChI is InChI=1S/C24H16FNO3/c1-14-6-2-3-7-18(14)21-12-16(25)10-15-11-17(29-22(15)21)13-26-23(27)19-8-4-5-9-20(19)24(26)28/h2-12H,13H2,1H3. The van der Waals surface area contributed by atoms with E-state index in [4.69, 9.17) is 4.42 Å². The van der Waals surface area contributed by atoms with E-state index in [0.717, 1.165) is 16.0 Å². The zero-order chi connectivity index (χ0) is 20.1. The van der Waals surface area contributed by atoms with Gasteiger partial charge in [0, 0.05) is 10.9 Å². The van der Waals surface area contributed by atoms with Crippen LogP contribution < -0.4 is 0 Å². The summed E-state index contributed by atoms with van der Waals surface area (Å²) in [5, 5.41) is 0.592. The highest BCUT2D eigenvalue weighted by Crippen LogP contribution is 2.35. The van der Waals surface area contributed by atoms with Gasteiger partial charge in [-0.2, -0.15) is 0 Å². The summed E-state index contributed by atoms with van der Waals surface area (Å²) < 4.78 is 20.3. The first kappa shape index (κ1) is 17.4. The highest BCUT2D eigenvalue weighted by molar-refractivity contribution is 6.21. The molecule has 0 bridgehead atoms. The predicted molar refractivity (Wildman–Crippen MR) is 107 cm³/mol. The highest BCUT2D eigenvalue weighted by atomic mass is 19.1. The molecule has 5 rings (SSSR count). The lowest BCUT2D eigenvalue weighted by Gasteiger charge is -2.11. The summed E-state index contributed by atoms with van der Waals surface area (Å²) >= 11 is 0. The molecule has 5 heteroatoms. The number of benzene rings is 3. The van der Waals surface area contributed by atoms with Gasteiger partial charge in [0.25, 0.3) is 11.8 Å². The van der Waals surface area contributed by atoms with Crippen LogP contribution in [0.4, 0.5) is 4.39 Å². The largest absolute Gasteiger partial charge is 0.459 e. The number of hydrogen-bond donors (Lipinski definition) is 0. The van der Waals surface area contributed by atoms with Crippen molar-refractivity contribution in [2.45, 2.75) is 13.5 Å². The zero-order valence-electron chi connectivity index (χ0n) is 15.6. The van der Waals surface area contributed by atoms with Crippen molar-refractivity contribution in [3.63, 3.8) is 0 Å². The summed E-state index contributed by atoms with van der Waals surface area (Å²) in [6.07, 6.45) is 0.